The van der Waals surface area contributed by atoms with E-state index in [1.807, 2.05) is 0 Å². The average molecular weight is 276 g/mol. The van der Waals surface area contributed by atoms with Crippen LogP contribution in [0, 0.1) is 5.41 Å². The summed E-state index contributed by atoms with van der Waals surface area (Å²) in [6.07, 6.45) is 2.58. The Balaban J connectivity index is 1.83. The van der Waals surface area contributed by atoms with E-state index in [2.05, 4.69) is 48.5 Å². The van der Waals surface area contributed by atoms with Crippen LogP contribution in [-0.2, 0) is 17.9 Å². The lowest BCUT2D eigenvalue weighted by molar-refractivity contribution is 0.136. The fraction of sp³-hybridized carbons (Fsp3) is 0.647. The highest BCUT2D eigenvalue weighted by Crippen LogP contribution is 2.29. The first-order valence-electron chi connectivity index (χ1n) is 7.58. The van der Waals surface area contributed by atoms with Crippen molar-refractivity contribution in [1.82, 2.24) is 10.2 Å². The molecule has 1 saturated heterocycles. The van der Waals surface area contributed by atoms with Crippen molar-refractivity contribution >= 4 is 0 Å². The van der Waals surface area contributed by atoms with Gasteiger partial charge in [0.15, 0.2) is 0 Å². The summed E-state index contributed by atoms with van der Waals surface area (Å²) in [7, 11) is 3.97. The Morgan fingerprint density at radius 1 is 1.20 bits per heavy atom. The molecular weight excluding hydrogens is 248 g/mol. The maximum atomic E-state index is 5.26. The first kappa shape index (κ1) is 15.5. The van der Waals surface area contributed by atoms with Gasteiger partial charge in [0.2, 0.25) is 0 Å². The maximum Gasteiger partial charge on any atom is 0.0716 e. The second-order valence-corrected chi connectivity index (χ2v) is 6.42. The summed E-state index contributed by atoms with van der Waals surface area (Å²) in [6, 6.07) is 8.53. The lowest BCUT2D eigenvalue weighted by Gasteiger charge is -2.38. The molecule has 2 rings (SSSR count). The molecule has 0 aromatic heterocycles. The molecule has 0 unspecified atom stereocenters. The summed E-state index contributed by atoms with van der Waals surface area (Å²) >= 11 is 0. The topological polar surface area (TPSA) is 24.5 Å². The Hall–Kier alpha value is -0.900. The molecule has 0 radical (unpaired) electrons. The third kappa shape index (κ3) is 4.30. The van der Waals surface area contributed by atoms with Crippen molar-refractivity contribution in [1.29, 1.82) is 0 Å². The molecule has 0 spiro atoms. The van der Waals surface area contributed by atoms with Crippen LogP contribution in [-0.4, -0.2) is 38.7 Å². The highest BCUT2D eigenvalue weighted by Gasteiger charge is 2.28. The van der Waals surface area contributed by atoms with Crippen molar-refractivity contribution in [3.05, 3.63) is 35.4 Å². The normalized spacial score (nSPS) is 19.1. The van der Waals surface area contributed by atoms with E-state index < -0.39 is 0 Å². The van der Waals surface area contributed by atoms with Gasteiger partial charge in [0.1, 0.15) is 0 Å². The van der Waals surface area contributed by atoms with E-state index >= 15 is 0 Å². The van der Waals surface area contributed by atoms with Crippen molar-refractivity contribution in [3.63, 3.8) is 0 Å². The lowest BCUT2D eigenvalue weighted by Crippen LogP contribution is -2.41. The molecule has 1 N–H and O–H groups in total. The number of piperidine rings is 1. The summed E-state index contributed by atoms with van der Waals surface area (Å²) < 4.78 is 5.26. The van der Waals surface area contributed by atoms with E-state index in [0.29, 0.717) is 12.0 Å². The standard InChI is InChI=1S/C17H28N2O/c1-17(8-10-19(2)11-9-17)14-18-12-15-6-4-5-7-16(15)13-20-3/h4-7,18H,8-14H2,1-3H3. The third-order valence-corrected chi connectivity index (χ3v) is 4.48. The highest BCUT2D eigenvalue weighted by molar-refractivity contribution is 5.26. The van der Waals surface area contributed by atoms with Gasteiger partial charge in [-0.05, 0) is 49.5 Å². The lowest BCUT2D eigenvalue weighted by atomic mass is 9.80. The zero-order valence-electron chi connectivity index (χ0n) is 13.1. The quantitative estimate of drug-likeness (QED) is 0.864. The molecule has 1 aliphatic rings. The number of nitrogens with zero attached hydrogens (tertiary/aromatic N) is 1. The number of methoxy groups -OCH3 is 1. The average Bonchev–Trinajstić information content (AvgIpc) is 2.45. The van der Waals surface area contributed by atoms with Crippen LogP contribution in [0.4, 0.5) is 0 Å². The van der Waals surface area contributed by atoms with Gasteiger partial charge >= 0.3 is 0 Å². The summed E-state index contributed by atoms with van der Waals surface area (Å²) in [5.41, 5.74) is 3.09. The minimum Gasteiger partial charge on any atom is -0.380 e. The van der Waals surface area contributed by atoms with E-state index in [4.69, 9.17) is 4.74 Å². The molecule has 1 heterocycles. The first-order valence-corrected chi connectivity index (χ1v) is 7.58. The second-order valence-electron chi connectivity index (χ2n) is 6.42. The van der Waals surface area contributed by atoms with Gasteiger partial charge in [-0.2, -0.15) is 0 Å². The van der Waals surface area contributed by atoms with Crippen LogP contribution in [0.2, 0.25) is 0 Å². The summed E-state index contributed by atoms with van der Waals surface area (Å²) in [5.74, 6) is 0. The van der Waals surface area contributed by atoms with Gasteiger partial charge in [-0.15, -0.1) is 0 Å². The van der Waals surface area contributed by atoms with Crippen LogP contribution in [0.5, 0.6) is 0 Å². The molecule has 0 saturated carbocycles. The number of ether oxygens (including phenoxy) is 1. The molecule has 1 aliphatic heterocycles. The molecule has 1 aromatic carbocycles. The highest BCUT2D eigenvalue weighted by atomic mass is 16.5. The largest absolute Gasteiger partial charge is 0.380 e. The number of hydrogen-bond acceptors (Lipinski definition) is 3. The van der Waals surface area contributed by atoms with Crippen molar-refractivity contribution in [3.8, 4) is 0 Å². The van der Waals surface area contributed by atoms with Gasteiger partial charge < -0.3 is 15.0 Å². The second kappa shape index (κ2) is 7.21. The number of rotatable bonds is 6. The number of likely N-dealkylation sites (tertiary alicyclic amines) is 1. The van der Waals surface area contributed by atoms with E-state index in [1.165, 1.54) is 37.1 Å². The number of benzene rings is 1. The van der Waals surface area contributed by atoms with Crippen molar-refractivity contribution < 1.29 is 4.74 Å². The predicted octanol–water partition coefficient (Wildman–Crippen LogP) is 2.65. The van der Waals surface area contributed by atoms with Gasteiger partial charge in [-0.25, -0.2) is 0 Å². The van der Waals surface area contributed by atoms with Gasteiger partial charge in [0.05, 0.1) is 6.61 Å². The zero-order valence-corrected chi connectivity index (χ0v) is 13.1. The molecule has 3 heteroatoms. The van der Waals surface area contributed by atoms with Crippen LogP contribution in [0.1, 0.15) is 30.9 Å². The van der Waals surface area contributed by atoms with Crippen molar-refractivity contribution in [2.45, 2.75) is 32.9 Å². The van der Waals surface area contributed by atoms with E-state index in [0.717, 1.165) is 13.1 Å². The predicted molar refractivity (Wildman–Crippen MR) is 83.7 cm³/mol. The minimum absolute atomic E-state index is 0.447. The third-order valence-electron chi connectivity index (χ3n) is 4.48. The summed E-state index contributed by atoms with van der Waals surface area (Å²) in [4.78, 5) is 2.43. The van der Waals surface area contributed by atoms with Gasteiger partial charge in [-0.3, -0.25) is 0 Å². The molecule has 0 atom stereocenters. The van der Waals surface area contributed by atoms with E-state index in [-0.39, 0.29) is 0 Å². The number of nitrogens with one attached hydrogen (secondary N) is 1. The fourth-order valence-corrected chi connectivity index (χ4v) is 2.86. The van der Waals surface area contributed by atoms with Crippen LogP contribution in [0.3, 0.4) is 0 Å². The van der Waals surface area contributed by atoms with Crippen LogP contribution in [0.15, 0.2) is 24.3 Å². The first-order chi connectivity index (χ1) is 9.63. The molecule has 3 nitrogen and oxygen atoms in total. The van der Waals surface area contributed by atoms with Crippen molar-refractivity contribution in [2.75, 3.05) is 33.8 Å². The van der Waals surface area contributed by atoms with Crippen LogP contribution in [0.25, 0.3) is 0 Å². The molecule has 0 bridgehead atoms. The van der Waals surface area contributed by atoms with E-state index in [9.17, 15) is 0 Å². The number of hydrogen-bond donors (Lipinski definition) is 1. The minimum atomic E-state index is 0.447. The van der Waals surface area contributed by atoms with Crippen LogP contribution >= 0.6 is 0 Å². The monoisotopic (exact) mass is 276 g/mol. The van der Waals surface area contributed by atoms with E-state index in [1.54, 1.807) is 7.11 Å². The summed E-state index contributed by atoms with van der Waals surface area (Å²) in [5, 5.41) is 3.65. The maximum absolute atomic E-state index is 5.26. The Morgan fingerprint density at radius 2 is 1.85 bits per heavy atom. The molecular formula is C17H28N2O. The van der Waals surface area contributed by atoms with Gasteiger partial charge in [0, 0.05) is 20.2 Å². The summed E-state index contributed by atoms with van der Waals surface area (Å²) in [6.45, 7) is 7.58. The Morgan fingerprint density at radius 3 is 2.50 bits per heavy atom. The fourth-order valence-electron chi connectivity index (χ4n) is 2.86. The Labute approximate surface area is 123 Å². The SMILES string of the molecule is COCc1ccccc1CNCC1(C)CCN(C)CC1. The molecule has 20 heavy (non-hydrogen) atoms. The molecule has 0 amide bonds. The molecule has 0 aliphatic carbocycles. The molecule has 1 aromatic rings. The van der Waals surface area contributed by atoms with Gasteiger partial charge in [0.25, 0.3) is 0 Å². The van der Waals surface area contributed by atoms with Crippen molar-refractivity contribution in [2.24, 2.45) is 5.41 Å². The van der Waals surface area contributed by atoms with Gasteiger partial charge in [-0.1, -0.05) is 31.2 Å². The van der Waals surface area contributed by atoms with Crippen LogP contribution < -0.4 is 5.32 Å². The molecule has 1 fully saturated rings. The molecule has 112 valence electrons. The smallest absolute Gasteiger partial charge is 0.0716 e. The zero-order chi connectivity index (χ0) is 14.4. The Bertz CT molecular complexity index is 411. The Kier molecular flexibility index (Phi) is 5.58.